The van der Waals surface area contributed by atoms with Crippen molar-refractivity contribution in [2.75, 3.05) is 13.1 Å². The Balaban J connectivity index is 1.38. The summed E-state index contributed by atoms with van der Waals surface area (Å²) in [5.74, 6) is 1.44. The van der Waals surface area contributed by atoms with Gasteiger partial charge in [-0.3, -0.25) is 4.90 Å². The van der Waals surface area contributed by atoms with Crippen LogP contribution < -0.4 is 0 Å². The molecule has 1 saturated heterocycles. The molecule has 146 valence electrons. The minimum Gasteiger partial charge on any atom is -0.441 e. The van der Waals surface area contributed by atoms with E-state index < -0.39 is 0 Å². The number of benzene rings is 2. The van der Waals surface area contributed by atoms with Gasteiger partial charge in [0, 0.05) is 13.1 Å². The van der Waals surface area contributed by atoms with E-state index in [4.69, 9.17) is 25.7 Å². The van der Waals surface area contributed by atoms with Crippen LogP contribution in [0.15, 0.2) is 59.0 Å². The number of likely N-dealkylation sites (tertiary alicyclic amines) is 1. The molecular weight excluding hydrogens is 372 g/mol. The van der Waals surface area contributed by atoms with E-state index in [2.05, 4.69) is 29.2 Å². The first kappa shape index (κ1) is 19.2. The molecule has 1 aromatic heterocycles. The molecule has 5 heteroatoms. The van der Waals surface area contributed by atoms with Gasteiger partial charge >= 0.3 is 0 Å². The minimum absolute atomic E-state index is 0.254. The van der Waals surface area contributed by atoms with Gasteiger partial charge in [0.25, 0.3) is 0 Å². The van der Waals surface area contributed by atoms with Crippen LogP contribution >= 0.6 is 11.6 Å². The third-order valence-corrected chi connectivity index (χ3v) is 5.49. The van der Waals surface area contributed by atoms with Gasteiger partial charge in [-0.1, -0.05) is 54.1 Å². The lowest BCUT2D eigenvalue weighted by Gasteiger charge is -2.32. The maximum Gasteiger partial charge on any atom is 0.228 e. The Labute approximate surface area is 171 Å². The monoisotopic (exact) mass is 396 g/mol. The largest absolute Gasteiger partial charge is 0.441 e. The van der Waals surface area contributed by atoms with E-state index in [0.717, 1.165) is 49.5 Å². The smallest absolute Gasteiger partial charge is 0.228 e. The van der Waals surface area contributed by atoms with Crippen LogP contribution in [0.5, 0.6) is 0 Å². The van der Waals surface area contributed by atoms with Gasteiger partial charge < -0.3 is 9.15 Å². The molecule has 0 radical (unpaired) electrons. The highest BCUT2D eigenvalue weighted by Crippen LogP contribution is 2.29. The number of piperidine rings is 1. The van der Waals surface area contributed by atoms with Crippen LogP contribution in [0.2, 0.25) is 5.02 Å². The van der Waals surface area contributed by atoms with E-state index in [1.54, 1.807) is 0 Å². The fourth-order valence-electron chi connectivity index (χ4n) is 3.62. The number of hydrogen-bond donors (Lipinski definition) is 0. The molecule has 0 N–H and O–H groups in total. The molecule has 4 rings (SSSR count). The third kappa shape index (κ3) is 4.64. The summed E-state index contributed by atoms with van der Waals surface area (Å²) in [6.45, 7) is 5.37. The maximum absolute atomic E-state index is 6.29. The summed E-state index contributed by atoms with van der Waals surface area (Å²) < 4.78 is 12.1. The molecule has 1 fully saturated rings. The topological polar surface area (TPSA) is 38.5 Å². The van der Waals surface area contributed by atoms with Gasteiger partial charge in [-0.2, -0.15) is 0 Å². The predicted octanol–water partition coefficient (Wildman–Crippen LogP) is 5.48. The second kappa shape index (κ2) is 8.91. The normalized spacial score (nSPS) is 17.7. The molecular formula is C23H25ClN2O2. The summed E-state index contributed by atoms with van der Waals surface area (Å²) in [6.07, 6.45) is 2.49. The van der Waals surface area contributed by atoms with E-state index in [1.165, 1.54) is 5.56 Å². The Bertz CT molecular complexity index is 910. The molecule has 0 spiro atoms. The number of rotatable bonds is 6. The second-order valence-corrected chi connectivity index (χ2v) is 7.70. The van der Waals surface area contributed by atoms with Crippen molar-refractivity contribution in [3.05, 3.63) is 76.6 Å². The van der Waals surface area contributed by atoms with Gasteiger partial charge in [0.15, 0.2) is 0 Å². The van der Waals surface area contributed by atoms with Crippen molar-refractivity contribution in [3.63, 3.8) is 0 Å². The average Bonchev–Trinajstić information content (AvgIpc) is 3.08. The number of oxazole rings is 1. The number of hydrogen-bond acceptors (Lipinski definition) is 4. The lowest BCUT2D eigenvalue weighted by molar-refractivity contribution is -0.0123. The molecule has 1 aliphatic heterocycles. The molecule has 0 aliphatic carbocycles. The number of halogens is 1. The van der Waals surface area contributed by atoms with Crippen LogP contribution in [0.25, 0.3) is 11.5 Å². The van der Waals surface area contributed by atoms with Crippen molar-refractivity contribution in [1.29, 1.82) is 0 Å². The Morgan fingerprint density at radius 2 is 1.93 bits per heavy atom. The number of ether oxygens (including phenoxy) is 1. The van der Waals surface area contributed by atoms with E-state index in [9.17, 15) is 0 Å². The fraction of sp³-hybridized carbons (Fsp3) is 0.348. The lowest BCUT2D eigenvalue weighted by atomic mass is 10.1. The molecule has 0 amide bonds. The van der Waals surface area contributed by atoms with E-state index in [0.29, 0.717) is 17.5 Å². The molecule has 3 aromatic rings. The average molecular weight is 397 g/mol. The van der Waals surface area contributed by atoms with E-state index >= 15 is 0 Å². The third-order valence-electron chi connectivity index (χ3n) is 5.16. The van der Waals surface area contributed by atoms with Gasteiger partial charge in [0.1, 0.15) is 5.76 Å². The molecule has 0 bridgehead atoms. The lowest BCUT2D eigenvalue weighted by Crippen LogP contribution is -2.39. The van der Waals surface area contributed by atoms with Gasteiger partial charge in [-0.15, -0.1) is 0 Å². The van der Waals surface area contributed by atoms with Crippen molar-refractivity contribution < 1.29 is 9.15 Å². The van der Waals surface area contributed by atoms with Crippen LogP contribution in [0.1, 0.15) is 29.9 Å². The zero-order valence-electron chi connectivity index (χ0n) is 16.1. The van der Waals surface area contributed by atoms with E-state index in [1.807, 2.05) is 37.3 Å². The number of nitrogens with zero attached hydrogens (tertiary/aromatic N) is 2. The minimum atomic E-state index is 0.254. The van der Waals surface area contributed by atoms with Crippen LogP contribution in [-0.2, 0) is 17.9 Å². The molecule has 1 atom stereocenters. The molecule has 1 aliphatic rings. The first-order chi connectivity index (χ1) is 13.7. The first-order valence-electron chi connectivity index (χ1n) is 9.78. The summed E-state index contributed by atoms with van der Waals surface area (Å²) in [6, 6.07) is 18.0. The highest BCUT2D eigenvalue weighted by atomic mass is 35.5. The second-order valence-electron chi connectivity index (χ2n) is 7.30. The molecule has 4 nitrogen and oxygen atoms in total. The van der Waals surface area contributed by atoms with Crippen LogP contribution in [-0.4, -0.2) is 29.1 Å². The predicted molar refractivity (Wildman–Crippen MR) is 111 cm³/mol. The Morgan fingerprint density at radius 3 is 2.75 bits per heavy atom. The van der Waals surface area contributed by atoms with Gasteiger partial charge in [0.2, 0.25) is 5.89 Å². The zero-order chi connectivity index (χ0) is 19.3. The fourth-order valence-corrected chi connectivity index (χ4v) is 3.83. The standard InChI is InChI=1S/C23H25ClN2O2/c1-17-22(25-23(28-17)20-11-5-6-12-21(20)24)15-26-13-7-10-19(14-26)27-16-18-8-3-2-4-9-18/h2-6,8-9,11-12,19H,7,10,13-16H2,1H3/t19-/m1/s1. The quantitative estimate of drug-likeness (QED) is 0.552. The first-order valence-corrected chi connectivity index (χ1v) is 10.2. The van der Waals surface area contributed by atoms with E-state index in [-0.39, 0.29) is 6.10 Å². The Kier molecular flexibility index (Phi) is 6.10. The molecule has 2 aromatic carbocycles. The highest BCUT2D eigenvalue weighted by molar-refractivity contribution is 6.33. The van der Waals surface area contributed by atoms with Crippen LogP contribution in [0.4, 0.5) is 0 Å². The summed E-state index contributed by atoms with van der Waals surface area (Å²) in [7, 11) is 0. The zero-order valence-corrected chi connectivity index (χ0v) is 16.9. The number of aromatic nitrogens is 1. The molecule has 0 saturated carbocycles. The molecule has 28 heavy (non-hydrogen) atoms. The van der Waals surface area contributed by atoms with Crippen molar-refractivity contribution >= 4 is 11.6 Å². The molecule has 2 heterocycles. The van der Waals surface area contributed by atoms with Gasteiger partial charge in [-0.25, -0.2) is 4.98 Å². The summed E-state index contributed by atoms with van der Waals surface area (Å²) >= 11 is 6.29. The van der Waals surface area contributed by atoms with Crippen molar-refractivity contribution in [3.8, 4) is 11.5 Å². The highest BCUT2D eigenvalue weighted by Gasteiger charge is 2.23. The summed E-state index contributed by atoms with van der Waals surface area (Å²) in [5.41, 5.74) is 3.02. The molecule has 0 unspecified atom stereocenters. The number of aryl methyl sites for hydroxylation is 1. The van der Waals surface area contributed by atoms with Crippen molar-refractivity contribution in [2.24, 2.45) is 0 Å². The van der Waals surface area contributed by atoms with Crippen molar-refractivity contribution in [2.45, 2.75) is 39.0 Å². The van der Waals surface area contributed by atoms with Gasteiger partial charge in [0.05, 0.1) is 29.0 Å². The van der Waals surface area contributed by atoms with Crippen LogP contribution in [0.3, 0.4) is 0 Å². The Hall–Kier alpha value is -2.14. The maximum atomic E-state index is 6.29. The summed E-state index contributed by atoms with van der Waals surface area (Å²) in [4.78, 5) is 7.12. The SMILES string of the molecule is Cc1oc(-c2ccccc2Cl)nc1CN1CCC[C@@H](OCc2ccccc2)C1. The van der Waals surface area contributed by atoms with Gasteiger partial charge in [-0.05, 0) is 44.0 Å². The van der Waals surface area contributed by atoms with Crippen LogP contribution in [0, 0.1) is 6.92 Å². The Morgan fingerprint density at radius 1 is 1.14 bits per heavy atom. The summed E-state index contributed by atoms with van der Waals surface area (Å²) in [5, 5.41) is 0.655. The van der Waals surface area contributed by atoms with Crippen molar-refractivity contribution in [1.82, 2.24) is 9.88 Å².